The average Bonchev–Trinajstić information content (AvgIpc) is 2.86. The summed E-state index contributed by atoms with van der Waals surface area (Å²) in [6, 6.07) is 18.7. The molecule has 186 valence electrons. The minimum Gasteiger partial charge on any atom is -0.497 e. The molecule has 0 fully saturated rings. The first-order valence-corrected chi connectivity index (χ1v) is 12.8. The largest absolute Gasteiger partial charge is 0.497 e. The molecule has 0 aliphatic carbocycles. The van der Waals surface area contributed by atoms with Crippen molar-refractivity contribution in [2.45, 2.75) is 38.1 Å². The second kappa shape index (κ2) is 11.3. The van der Waals surface area contributed by atoms with E-state index in [-0.39, 0.29) is 17.5 Å². The number of nitrogens with one attached hydrogen (secondary N) is 1. The highest BCUT2D eigenvalue weighted by Crippen LogP contribution is 2.28. The van der Waals surface area contributed by atoms with E-state index in [1.54, 1.807) is 55.6 Å². The van der Waals surface area contributed by atoms with E-state index in [2.05, 4.69) is 5.32 Å². The molecule has 0 saturated heterocycles. The zero-order valence-electron chi connectivity index (χ0n) is 20.7. The fourth-order valence-corrected chi connectivity index (χ4v) is 5.24. The highest BCUT2D eigenvalue weighted by Gasteiger charge is 2.28. The number of aryl methyl sites for hydroxylation is 2. The van der Waals surface area contributed by atoms with Crippen molar-refractivity contribution in [1.82, 2.24) is 5.32 Å². The molecule has 0 bridgehead atoms. The van der Waals surface area contributed by atoms with Crippen LogP contribution in [0.15, 0.2) is 71.6 Å². The summed E-state index contributed by atoms with van der Waals surface area (Å²) in [5, 5.41) is 2.99. The van der Waals surface area contributed by atoms with Gasteiger partial charge in [0, 0.05) is 6.07 Å². The molecule has 3 aromatic rings. The SMILES string of the molecule is CC[C@H](NC(=O)CN(c1cccc(OC)c1)S(=O)(=O)c1ccc(C)cc1)c1ccc(OC)c(C)c1. The van der Waals surface area contributed by atoms with Gasteiger partial charge in [0.25, 0.3) is 10.0 Å². The van der Waals surface area contributed by atoms with Crippen LogP contribution in [0.25, 0.3) is 0 Å². The molecule has 0 saturated carbocycles. The van der Waals surface area contributed by atoms with Crippen molar-refractivity contribution in [3.05, 3.63) is 83.4 Å². The normalized spacial score (nSPS) is 12.0. The zero-order chi connectivity index (χ0) is 25.6. The van der Waals surface area contributed by atoms with Gasteiger partial charge in [-0.3, -0.25) is 9.10 Å². The Morgan fingerprint density at radius 3 is 2.29 bits per heavy atom. The second-order valence-corrected chi connectivity index (χ2v) is 10.1. The lowest BCUT2D eigenvalue weighted by Gasteiger charge is -2.26. The van der Waals surface area contributed by atoms with Crippen LogP contribution in [0.4, 0.5) is 5.69 Å². The summed E-state index contributed by atoms with van der Waals surface area (Å²) in [5.41, 5.74) is 3.16. The van der Waals surface area contributed by atoms with E-state index in [0.717, 1.165) is 26.7 Å². The highest BCUT2D eigenvalue weighted by molar-refractivity contribution is 7.92. The van der Waals surface area contributed by atoms with E-state index in [0.29, 0.717) is 17.9 Å². The van der Waals surface area contributed by atoms with Crippen LogP contribution < -0.4 is 19.1 Å². The Morgan fingerprint density at radius 1 is 0.971 bits per heavy atom. The van der Waals surface area contributed by atoms with Crippen LogP contribution in [-0.2, 0) is 14.8 Å². The lowest BCUT2D eigenvalue weighted by Crippen LogP contribution is -2.42. The number of benzene rings is 3. The molecule has 0 spiro atoms. The molecule has 3 rings (SSSR count). The van der Waals surface area contributed by atoms with Gasteiger partial charge in [-0.1, -0.05) is 42.8 Å². The predicted molar refractivity (Wildman–Crippen MR) is 138 cm³/mol. The van der Waals surface area contributed by atoms with Gasteiger partial charge in [0.05, 0.1) is 30.8 Å². The highest BCUT2D eigenvalue weighted by atomic mass is 32.2. The van der Waals surface area contributed by atoms with Gasteiger partial charge in [-0.2, -0.15) is 0 Å². The first kappa shape index (κ1) is 26.1. The summed E-state index contributed by atoms with van der Waals surface area (Å²) in [4.78, 5) is 13.3. The van der Waals surface area contributed by atoms with Gasteiger partial charge in [-0.15, -0.1) is 0 Å². The molecule has 0 radical (unpaired) electrons. The van der Waals surface area contributed by atoms with E-state index < -0.39 is 15.9 Å². The van der Waals surface area contributed by atoms with Crippen LogP contribution in [0.1, 0.15) is 36.1 Å². The Bertz CT molecular complexity index is 1270. The smallest absolute Gasteiger partial charge is 0.264 e. The van der Waals surface area contributed by atoms with Crippen LogP contribution in [0.2, 0.25) is 0 Å². The monoisotopic (exact) mass is 496 g/mol. The maximum Gasteiger partial charge on any atom is 0.264 e. The molecule has 8 heteroatoms. The summed E-state index contributed by atoms with van der Waals surface area (Å²) in [5.74, 6) is 0.847. The van der Waals surface area contributed by atoms with Crippen LogP contribution in [-0.4, -0.2) is 35.1 Å². The molecule has 1 amide bonds. The number of sulfonamides is 1. The van der Waals surface area contributed by atoms with Gasteiger partial charge < -0.3 is 14.8 Å². The second-order valence-electron chi connectivity index (χ2n) is 8.28. The summed E-state index contributed by atoms with van der Waals surface area (Å²) >= 11 is 0. The minimum atomic E-state index is -4.01. The van der Waals surface area contributed by atoms with E-state index >= 15 is 0 Å². The molecule has 0 aliphatic heterocycles. The van der Waals surface area contributed by atoms with E-state index in [9.17, 15) is 13.2 Å². The Morgan fingerprint density at radius 2 is 1.69 bits per heavy atom. The average molecular weight is 497 g/mol. The Hall–Kier alpha value is -3.52. The lowest BCUT2D eigenvalue weighted by atomic mass is 10.0. The predicted octanol–water partition coefficient (Wildman–Crippen LogP) is 4.78. The molecule has 0 aromatic heterocycles. The van der Waals surface area contributed by atoms with Crippen LogP contribution in [0.3, 0.4) is 0 Å². The molecule has 1 atom stereocenters. The van der Waals surface area contributed by atoms with Gasteiger partial charge in [0.2, 0.25) is 5.91 Å². The number of hydrogen-bond acceptors (Lipinski definition) is 5. The maximum absolute atomic E-state index is 13.6. The number of nitrogens with zero attached hydrogens (tertiary/aromatic N) is 1. The van der Waals surface area contributed by atoms with Gasteiger partial charge >= 0.3 is 0 Å². The van der Waals surface area contributed by atoms with Crippen molar-refractivity contribution in [3.8, 4) is 11.5 Å². The quantitative estimate of drug-likeness (QED) is 0.437. The minimum absolute atomic E-state index is 0.108. The summed E-state index contributed by atoms with van der Waals surface area (Å²) in [6.45, 7) is 5.41. The molecule has 35 heavy (non-hydrogen) atoms. The topological polar surface area (TPSA) is 84.9 Å². The summed E-state index contributed by atoms with van der Waals surface area (Å²) in [7, 11) is -0.892. The van der Waals surface area contributed by atoms with Crippen molar-refractivity contribution in [1.29, 1.82) is 0 Å². The van der Waals surface area contributed by atoms with Crippen molar-refractivity contribution in [3.63, 3.8) is 0 Å². The van der Waals surface area contributed by atoms with Crippen LogP contribution in [0.5, 0.6) is 11.5 Å². The molecular formula is C27H32N2O5S. The third-order valence-electron chi connectivity index (χ3n) is 5.80. The van der Waals surface area contributed by atoms with Crippen LogP contribution >= 0.6 is 0 Å². The number of ether oxygens (including phenoxy) is 2. The van der Waals surface area contributed by atoms with E-state index in [1.807, 2.05) is 39.0 Å². The molecule has 0 unspecified atom stereocenters. The van der Waals surface area contributed by atoms with Crippen molar-refractivity contribution < 1.29 is 22.7 Å². The number of hydrogen-bond donors (Lipinski definition) is 1. The molecule has 0 aliphatic rings. The molecular weight excluding hydrogens is 464 g/mol. The first-order chi connectivity index (χ1) is 16.7. The Kier molecular flexibility index (Phi) is 8.40. The van der Waals surface area contributed by atoms with Gasteiger partial charge in [-0.05, 0) is 61.7 Å². The number of rotatable bonds is 10. The fourth-order valence-electron chi connectivity index (χ4n) is 3.83. The zero-order valence-corrected chi connectivity index (χ0v) is 21.6. The van der Waals surface area contributed by atoms with E-state index in [4.69, 9.17) is 9.47 Å². The molecule has 0 heterocycles. The maximum atomic E-state index is 13.6. The van der Waals surface area contributed by atoms with Crippen molar-refractivity contribution in [2.24, 2.45) is 0 Å². The van der Waals surface area contributed by atoms with Crippen molar-refractivity contribution >= 4 is 21.6 Å². The summed E-state index contributed by atoms with van der Waals surface area (Å²) in [6.07, 6.45) is 0.640. The third kappa shape index (κ3) is 6.14. The molecule has 3 aromatic carbocycles. The number of amides is 1. The number of anilines is 1. The Labute approximate surface area is 207 Å². The Balaban J connectivity index is 1.92. The van der Waals surface area contributed by atoms with Gasteiger partial charge in [0.15, 0.2) is 0 Å². The van der Waals surface area contributed by atoms with Gasteiger partial charge in [0.1, 0.15) is 18.0 Å². The number of carbonyl (C=O) groups is 1. The summed E-state index contributed by atoms with van der Waals surface area (Å²) < 4.78 is 38.9. The first-order valence-electron chi connectivity index (χ1n) is 11.4. The van der Waals surface area contributed by atoms with Gasteiger partial charge in [-0.25, -0.2) is 8.42 Å². The number of carbonyl (C=O) groups excluding carboxylic acids is 1. The third-order valence-corrected chi connectivity index (χ3v) is 7.59. The van der Waals surface area contributed by atoms with Crippen molar-refractivity contribution in [2.75, 3.05) is 25.1 Å². The fraction of sp³-hybridized carbons (Fsp3) is 0.296. The standard InChI is InChI=1S/C27H32N2O5S/c1-6-25(21-12-15-26(34-5)20(3)16-21)28-27(30)18-29(22-8-7-9-23(17-22)33-4)35(31,32)24-13-10-19(2)11-14-24/h7-17,25H,6,18H2,1-5H3,(H,28,30)/t25-/m0/s1. The molecule has 7 nitrogen and oxygen atoms in total. The molecule has 1 N–H and O–H groups in total. The lowest BCUT2D eigenvalue weighted by molar-refractivity contribution is -0.120. The van der Waals surface area contributed by atoms with E-state index in [1.165, 1.54) is 7.11 Å². The number of methoxy groups -OCH3 is 2. The van der Waals surface area contributed by atoms with Crippen LogP contribution in [0, 0.1) is 13.8 Å².